The molecule has 1 heterocycles. The van der Waals surface area contributed by atoms with E-state index in [1.807, 2.05) is 94.4 Å². The molecular formula is C27H30BNO5. The summed E-state index contributed by atoms with van der Waals surface area (Å²) in [5.74, 6) is 0.138. The Morgan fingerprint density at radius 3 is 2.32 bits per heavy atom. The molecule has 176 valence electrons. The molecule has 0 spiro atoms. The lowest BCUT2D eigenvalue weighted by molar-refractivity contribution is 0.00578. The quantitative estimate of drug-likeness (QED) is 0.477. The van der Waals surface area contributed by atoms with Gasteiger partial charge >= 0.3 is 13.2 Å². The van der Waals surface area contributed by atoms with Crippen molar-refractivity contribution in [1.29, 1.82) is 0 Å². The number of phenols is 1. The van der Waals surface area contributed by atoms with Crippen molar-refractivity contribution in [3.8, 4) is 5.75 Å². The maximum absolute atomic E-state index is 12.4. The second-order valence-corrected chi connectivity index (χ2v) is 9.44. The van der Waals surface area contributed by atoms with E-state index in [0.717, 1.165) is 16.3 Å². The van der Waals surface area contributed by atoms with Crippen LogP contribution in [0.3, 0.4) is 0 Å². The molecular weight excluding hydrogens is 429 g/mol. The zero-order chi connectivity index (χ0) is 24.3. The molecule has 6 nitrogen and oxygen atoms in total. The van der Waals surface area contributed by atoms with Crippen molar-refractivity contribution in [2.24, 2.45) is 0 Å². The van der Waals surface area contributed by atoms with Gasteiger partial charge in [-0.1, -0.05) is 66.7 Å². The maximum Gasteiger partial charge on any atom is 0.492 e. The molecule has 0 atom stereocenters. The Morgan fingerprint density at radius 1 is 0.971 bits per heavy atom. The first kappa shape index (κ1) is 23.9. The third-order valence-electron chi connectivity index (χ3n) is 6.48. The average Bonchev–Trinajstić information content (AvgIpc) is 3.03. The van der Waals surface area contributed by atoms with E-state index >= 15 is 0 Å². The van der Waals surface area contributed by atoms with Crippen LogP contribution in [0.5, 0.6) is 5.75 Å². The third kappa shape index (κ3) is 5.11. The molecule has 34 heavy (non-hydrogen) atoms. The maximum atomic E-state index is 12.4. The highest BCUT2D eigenvalue weighted by atomic mass is 16.7. The summed E-state index contributed by atoms with van der Waals surface area (Å²) < 4.78 is 17.9. The number of benzene rings is 3. The van der Waals surface area contributed by atoms with E-state index in [1.54, 1.807) is 6.07 Å². The van der Waals surface area contributed by atoms with Crippen LogP contribution in [-0.2, 0) is 20.7 Å². The molecule has 2 N–H and O–H groups in total. The summed E-state index contributed by atoms with van der Waals surface area (Å²) in [6, 6.07) is 20.8. The van der Waals surface area contributed by atoms with Gasteiger partial charge in [0.05, 0.1) is 11.2 Å². The minimum absolute atomic E-state index is 0.132. The van der Waals surface area contributed by atoms with E-state index < -0.39 is 24.4 Å². The largest absolute Gasteiger partial charge is 0.507 e. The summed E-state index contributed by atoms with van der Waals surface area (Å²) in [6.45, 7) is 8.20. The average molecular weight is 459 g/mol. The van der Waals surface area contributed by atoms with Crippen molar-refractivity contribution < 1.29 is 23.9 Å². The lowest BCUT2D eigenvalue weighted by atomic mass is 9.76. The normalized spacial score (nSPS) is 17.1. The summed E-state index contributed by atoms with van der Waals surface area (Å²) >= 11 is 0. The number of alkyl carbamates (subject to hydrolysis) is 1. The molecule has 4 rings (SSSR count). The minimum Gasteiger partial charge on any atom is -0.507 e. The van der Waals surface area contributed by atoms with Crippen molar-refractivity contribution in [2.45, 2.75) is 45.5 Å². The standard InChI is InChI=1S/C27H30BNO5/c1-26(2)27(3,4)34-28(33-26)21(17-29-25(31)32-18-19-10-6-5-7-11-19)16-23-22-13-9-8-12-20(22)14-15-24(23)30/h5-16,30H,17-18H2,1-4H3,(H,29,31). The van der Waals surface area contributed by atoms with Crippen LogP contribution in [0.15, 0.2) is 72.2 Å². The highest BCUT2D eigenvalue weighted by Crippen LogP contribution is 2.39. The van der Waals surface area contributed by atoms with Gasteiger partial charge in [-0.05, 0) is 55.6 Å². The van der Waals surface area contributed by atoms with Gasteiger partial charge in [-0.25, -0.2) is 4.79 Å². The van der Waals surface area contributed by atoms with Gasteiger partial charge in [0.25, 0.3) is 0 Å². The lowest BCUT2D eigenvalue weighted by Crippen LogP contribution is -2.41. The summed E-state index contributed by atoms with van der Waals surface area (Å²) in [7, 11) is -0.696. The van der Waals surface area contributed by atoms with E-state index in [0.29, 0.717) is 11.0 Å². The predicted octanol–water partition coefficient (Wildman–Crippen LogP) is 5.49. The number of nitrogens with one attached hydrogen (secondary N) is 1. The van der Waals surface area contributed by atoms with Gasteiger partial charge in [-0.2, -0.15) is 0 Å². The van der Waals surface area contributed by atoms with Gasteiger partial charge in [0, 0.05) is 12.1 Å². The number of carbonyl (C=O) groups excluding carboxylic acids is 1. The molecule has 3 aromatic rings. The van der Waals surface area contributed by atoms with E-state index in [9.17, 15) is 9.90 Å². The molecule has 7 heteroatoms. The Balaban J connectivity index is 1.60. The number of amides is 1. The molecule has 1 amide bonds. The Bertz CT molecular complexity index is 1190. The van der Waals surface area contributed by atoms with Crippen molar-refractivity contribution in [3.63, 3.8) is 0 Å². The first-order chi connectivity index (χ1) is 16.2. The minimum atomic E-state index is -0.696. The first-order valence-corrected chi connectivity index (χ1v) is 11.4. The van der Waals surface area contributed by atoms with Crippen molar-refractivity contribution in [2.75, 3.05) is 6.54 Å². The molecule has 1 fully saturated rings. The van der Waals surface area contributed by atoms with Gasteiger partial charge < -0.3 is 24.5 Å². The zero-order valence-electron chi connectivity index (χ0n) is 20.0. The second-order valence-electron chi connectivity index (χ2n) is 9.44. The fourth-order valence-corrected chi connectivity index (χ4v) is 3.77. The van der Waals surface area contributed by atoms with E-state index in [1.165, 1.54) is 0 Å². The van der Waals surface area contributed by atoms with Crippen molar-refractivity contribution in [3.05, 3.63) is 83.3 Å². The van der Waals surface area contributed by atoms with Gasteiger partial charge in [-0.3, -0.25) is 0 Å². The number of ether oxygens (including phenoxy) is 1. The van der Waals surface area contributed by atoms with E-state index in [4.69, 9.17) is 14.0 Å². The zero-order valence-corrected chi connectivity index (χ0v) is 20.0. The second kappa shape index (κ2) is 9.53. The van der Waals surface area contributed by atoms with Crippen LogP contribution in [0.25, 0.3) is 16.8 Å². The Kier molecular flexibility index (Phi) is 6.68. The van der Waals surface area contributed by atoms with Gasteiger partial charge in [-0.15, -0.1) is 0 Å². The Morgan fingerprint density at radius 2 is 1.62 bits per heavy atom. The SMILES string of the molecule is CC1(C)OB(C(=Cc2c(O)ccc3ccccc23)CNC(=O)OCc2ccccc2)OC1(C)C. The molecule has 0 bridgehead atoms. The Hall–Kier alpha value is -3.29. The number of carbonyl (C=O) groups is 1. The monoisotopic (exact) mass is 459 g/mol. The molecule has 0 aliphatic carbocycles. The summed E-state index contributed by atoms with van der Waals surface area (Å²) in [6.07, 6.45) is 1.28. The smallest absolute Gasteiger partial charge is 0.492 e. The number of phenolic OH excluding ortho intramolecular Hbond substituents is 1. The van der Waals surface area contributed by atoms with Crippen LogP contribution in [0.2, 0.25) is 0 Å². The van der Waals surface area contributed by atoms with Crippen LogP contribution in [0.4, 0.5) is 4.79 Å². The number of aromatic hydroxyl groups is 1. The molecule has 0 aromatic heterocycles. The van der Waals surface area contributed by atoms with Gasteiger partial charge in [0.15, 0.2) is 0 Å². The van der Waals surface area contributed by atoms with E-state index in [2.05, 4.69) is 5.32 Å². The molecule has 0 unspecified atom stereocenters. The summed E-state index contributed by atoms with van der Waals surface area (Å²) in [5, 5.41) is 15.3. The molecule has 1 aliphatic heterocycles. The highest BCUT2D eigenvalue weighted by molar-refractivity contribution is 6.56. The Labute approximate surface area is 200 Å². The van der Waals surface area contributed by atoms with Crippen LogP contribution in [0.1, 0.15) is 38.8 Å². The van der Waals surface area contributed by atoms with Crippen molar-refractivity contribution in [1.82, 2.24) is 5.32 Å². The first-order valence-electron chi connectivity index (χ1n) is 11.4. The van der Waals surface area contributed by atoms with Crippen LogP contribution >= 0.6 is 0 Å². The predicted molar refractivity (Wildman–Crippen MR) is 134 cm³/mol. The van der Waals surface area contributed by atoms with Crippen LogP contribution in [-0.4, -0.2) is 36.1 Å². The molecule has 0 radical (unpaired) electrons. The fourth-order valence-electron chi connectivity index (χ4n) is 3.77. The molecule has 0 saturated carbocycles. The number of hydrogen-bond donors (Lipinski definition) is 2. The number of rotatable bonds is 6. The fraction of sp³-hybridized carbons (Fsp3) is 0.296. The molecule has 3 aromatic carbocycles. The number of fused-ring (bicyclic) bond motifs is 1. The van der Waals surface area contributed by atoms with Crippen LogP contribution in [0, 0.1) is 0 Å². The third-order valence-corrected chi connectivity index (χ3v) is 6.48. The van der Waals surface area contributed by atoms with Crippen molar-refractivity contribution >= 4 is 30.1 Å². The summed E-state index contributed by atoms with van der Waals surface area (Å²) in [5.41, 5.74) is 1.11. The van der Waals surface area contributed by atoms with Crippen LogP contribution < -0.4 is 5.32 Å². The molecule has 1 aliphatic rings. The topological polar surface area (TPSA) is 77.0 Å². The van der Waals surface area contributed by atoms with Gasteiger partial charge in [0.2, 0.25) is 0 Å². The van der Waals surface area contributed by atoms with E-state index in [-0.39, 0.29) is 18.9 Å². The lowest BCUT2D eigenvalue weighted by Gasteiger charge is -2.32. The number of hydrogen-bond acceptors (Lipinski definition) is 5. The molecule has 1 saturated heterocycles. The summed E-state index contributed by atoms with van der Waals surface area (Å²) in [4.78, 5) is 12.4. The highest BCUT2D eigenvalue weighted by Gasteiger charge is 2.52. The van der Waals surface area contributed by atoms with Gasteiger partial charge in [0.1, 0.15) is 12.4 Å².